The highest BCUT2D eigenvalue weighted by Gasteiger charge is 2.30. The summed E-state index contributed by atoms with van der Waals surface area (Å²) in [6.45, 7) is 0.430. The van der Waals surface area contributed by atoms with E-state index in [-0.39, 0.29) is 6.42 Å². The smallest absolute Gasteiger partial charge is 0.326 e. The Morgan fingerprint density at radius 3 is 1.86 bits per heavy atom. The van der Waals surface area contributed by atoms with Crippen LogP contribution in [-0.2, 0) is 25.6 Å². The summed E-state index contributed by atoms with van der Waals surface area (Å²) < 4.78 is 0. The minimum Gasteiger partial charge on any atom is -0.480 e. The third-order valence-corrected chi connectivity index (χ3v) is 6.97. The Balaban J connectivity index is 2.92. The van der Waals surface area contributed by atoms with Crippen LogP contribution in [0.2, 0.25) is 0 Å². The first-order valence-corrected chi connectivity index (χ1v) is 15.1. The van der Waals surface area contributed by atoms with E-state index in [4.69, 9.17) is 11.5 Å². The molecule has 0 fully saturated rings. The number of carbonyl (C=O) groups excluding carboxylic acids is 3. The number of carboxylic acids is 1. The quantitative estimate of drug-likeness (QED) is 0.134. The molecule has 0 aliphatic carbocycles. The van der Waals surface area contributed by atoms with Crippen LogP contribution < -0.4 is 27.4 Å². The van der Waals surface area contributed by atoms with Crippen molar-refractivity contribution in [2.45, 2.75) is 62.7 Å². The van der Waals surface area contributed by atoms with Gasteiger partial charge in [0.1, 0.15) is 18.1 Å². The molecule has 12 heteroatoms. The molecule has 3 amide bonds. The molecule has 37 heavy (non-hydrogen) atoms. The molecular weight excluding hydrogens is 514 g/mol. The second-order valence-corrected chi connectivity index (χ2v) is 10.6. The molecule has 0 radical (unpaired) electrons. The molecule has 0 aromatic heterocycles. The van der Waals surface area contributed by atoms with Gasteiger partial charge in [0, 0.05) is 0 Å². The van der Waals surface area contributed by atoms with E-state index >= 15 is 0 Å². The summed E-state index contributed by atoms with van der Waals surface area (Å²) in [6.07, 6.45) is 6.18. The van der Waals surface area contributed by atoms with Crippen LogP contribution in [0, 0.1) is 0 Å². The van der Waals surface area contributed by atoms with E-state index in [9.17, 15) is 24.3 Å². The lowest BCUT2D eigenvalue weighted by Crippen LogP contribution is -2.57. The molecule has 0 heterocycles. The third-order valence-electron chi connectivity index (χ3n) is 5.68. The van der Waals surface area contributed by atoms with Gasteiger partial charge in [0.15, 0.2) is 0 Å². The van der Waals surface area contributed by atoms with Crippen LogP contribution in [0.5, 0.6) is 0 Å². The molecule has 8 N–H and O–H groups in total. The number of carboxylic acid groups (broad SMARTS) is 1. The number of hydrogen-bond acceptors (Lipinski definition) is 8. The van der Waals surface area contributed by atoms with Crippen molar-refractivity contribution < 1.29 is 24.3 Å². The lowest BCUT2D eigenvalue weighted by Gasteiger charge is -2.25. The summed E-state index contributed by atoms with van der Waals surface area (Å²) in [5, 5.41) is 17.5. The van der Waals surface area contributed by atoms with Crippen molar-refractivity contribution in [2.24, 2.45) is 11.5 Å². The zero-order valence-corrected chi connectivity index (χ0v) is 23.2. The number of thioether (sulfide) groups is 2. The fourth-order valence-electron chi connectivity index (χ4n) is 3.54. The third kappa shape index (κ3) is 13.2. The van der Waals surface area contributed by atoms with Gasteiger partial charge in [-0.3, -0.25) is 14.4 Å². The maximum atomic E-state index is 13.2. The first kappa shape index (κ1) is 32.7. The average molecular weight is 556 g/mol. The van der Waals surface area contributed by atoms with Gasteiger partial charge in [-0.1, -0.05) is 30.3 Å². The van der Waals surface area contributed by atoms with E-state index < -0.39 is 47.9 Å². The predicted octanol–water partition coefficient (Wildman–Crippen LogP) is 0.731. The molecule has 1 aromatic rings. The fourth-order valence-corrected chi connectivity index (χ4v) is 4.49. The Morgan fingerprint density at radius 2 is 1.32 bits per heavy atom. The molecule has 208 valence electrons. The monoisotopic (exact) mass is 555 g/mol. The number of nitrogens with two attached hydrogens (primary N) is 2. The van der Waals surface area contributed by atoms with Crippen LogP contribution in [0.15, 0.2) is 30.3 Å². The molecule has 4 unspecified atom stereocenters. The van der Waals surface area contributed by atoms with E-state index in [1.54, 1.807) is 0 Å². The predicted molar refractivity (Wildman–Crippen MR) is 150 cm³/mol. The maximum Gasteiger partial charge on any atom is 0.326 e. The summed E-state index contributed by atoms with van der Waals surface area (Å²) in [5.41, 5.74) is 12.6. The van der Waals surface area contributed by atoms with Crippen LogP contribution in [-0.4, -0.2) is 83.5 Å². The van der Waals surface area contributed by atoms with Crippen molar-refractivity contribution >= 4 is 47.2 Å². The van der Waals surface area contributed by atoms with Crippen LogP contribution >= 0.6 is 23.5 Å². The first-order chi connectivity index (χ1) is 17.7. The van der Waals surface area contributed by atoms with Crippen molar-refractivity contribution in [3.8, 4) is 0 Å². The van der Waals surface area contributed by atoms with Crippen molar-refractivity contribution in [1.29, 1.82) is 0 Å². The van der Waals surface area contributed by atoms with Crippen LogP contribution in [0.4, 0.5) is 0 Å². The van der Waals surface area contributed by atoms with Gasteiger partial charge in [-0.15, -0.1) is 0 Å². The van der Waals surface area contributed by atoms with Crippen LogP contribution in [0.3, 0.4) is 0 Å². The molecule has 0 spiro atoms. The number of aliphatic carboxylic acids is 1. The van der Waals surface area contributed by atoms with Gasteiger partial charge < -0.3 is 32.5 Å². The zero-order chi connectivity index (χ0) is 27.6. The van der Waals surface area contributed by atoms with Gasteiger partial charge in [-0.05, 0) is 74.7 Å². The number of benzene rings is 1. The van der Waals surface area contributed by atoms with Gasteiger partial charge >= 0.3 is 5.97 Å². The van der Waals surface area contributed by atoms with Crippen molar-refractivity contribution in [3.05, 3.63) is 35.9 Å². The van der Waals surface area contributed by atoms with Gasteiger partial charge in [-0.25, -0.2) is 4.79 Å². The SMILES string of the molecule is CSCCC(NC(=O)C(CCCCN)NC(=O)C(CCSC)NC(=O)C(N)Cc1ccccc1)C(=O)O. The molecule has 0 bridgehead atoms. The Kier molecular flexibility index (Phi) is 16.7. The molecule has 1 aromatic carbocycles. The van der Waals surface area contributed by atoms with Gasteiger partial charge in [0.2, 0.25) is 17.7 Å². The highest BCUT2D eigenvalue weighted by molar-refractivity contribution is 7.98. The molecular formula is C25H41N5O5S2. The minimum atomic E-state index is -1.13. The minimum absolute atomic E-state index is 0.261. The first-order valence-electron chi connectivity index (χ1n) is 12.3. The summed E-state index contributed by atoms with van der Waals surface area (Å²) in [5.74, 6) is -1.52. The Morgan fingerprint density at radius 1 is 0.811 bits per heavy atom. The molecule has 0 saturated heterocycles. The van der Waals surface area contributed by atoms with Gasteiger partial charge in [0.25, 0.3) is 0 Å². The Bertz CT molecular complexity index is 846. The van der Waals surface area contributed by atoms with E-state index in [2.05, 4.69) is 16.0 Å². The zero-order valence-electron chi connectivity index (χ0n) is 21.6. The number of hydrogen-bond donors (Lipinski definition) is 6. The summed E-state index contributed by atoms with van der Waals surface area (Å²) >= 11 is 3.00. The molecule has 0 saturated carbocycles. The van der Waals surface area contributed by atoms with E-state index in [0.29, 0.717) is 50.2 Å². The van der Waals surface area contributed by atoms with E-state index in [1.807, 2.05) is 42.8 Å². The van der Waals surface area contributed by atoms with Crippen LogP contribution in [0.1, 0.15) is 37.7 Å². The normalized spacial score (nSPS) is 14.2. The lowest BCUT2D eigenvalue weighted by atomic mass is 10.0. The highest BCUT2D eigenvalue weighted by Crippen LogP contribution is 2.08. The van der Waals surface area contributed by atoms with E-state index in [0.717, 1.165) is 5.56 Å². The molecule has 10 nitrogen and oxygen atoms in total. The maximum absolute atomic E-state index is 13.2. The van der Waals surface area contributed by atoms with Crippen molar-refractivity contribution in [2.75, 3.05) is 30.6 Å². The molecule has 0 aliphatic rings. The Labute approximate surface area is 227 Å². The molecule has 1 rings (SSSR count). The topological polar surface area (TPSA) is 177 Å². The standard InChI is InChI=1S/C25H41N5O5S2/c1-36-14-11-20(28-22(31)18(27)16-17-8-4-3-5-9-17)24(33)29-19(10-6-7-13-26)23(32)30-21(25(34)35)12-15-37-2/h3-5,8-9,18-21H,6-7,10-16,26-27H2,1-2H3,(H,28,31)(H,29,33)(H,30,32)(H,34,35). The number of unbranched alkanes of at least 4 members (excludes halogenated alkanes) is 1. The number of amides is 3. The number of rotatable bonds is 19. The Hall–Kier alpha value is -2.28. The van der Waals surface area contributed by atoms with E-state index in [1.165, 1.54) is 23.5 Å². The molecule has 0 aliphatic heterocycles. The van der Waals surface area contributed by atoms with Crippen molar-refractivity contribution in [3.63, 3.8) is 0 Å². The second kappa shape index (κ2) is 18.9. The van der Waals surface area contributed by atoms with Crippen LogP contribution in [0.25, 0.3) is 0 Å². The van der Waals surface area contributed by atoms with Gasteiger partial charge in [0.05, 0.1) is 6.04 Å². The van der Waals surface area contributed by atoms with Gasteiger partial charge in [-0.2, -0.15) is 23.5 Å². The number of nitrogens with one attached hydrogen (secondary N) is 3. The highest BCUT2D eigenvalue weighted by atomic mass is 32.2. The largest absolute Gasteiger partial charge is 0.480 e. The summed E-state index contributed by atoms with van der Waals surface area (Å²) in [6, 6.07) is 5.60. The number of carbonyl (C=O) groups is 4. The summed E-state index contributed by atoms with van der Waals surface area (Å²) in [7, 11) is 0. The second-order valence-electron chi connectivity index (χ2n) is 8.67. The molecule has 4 atom stereocenters. The fraction of sp³-hybridized carbons (Fsp3) is 0.600. The summed E-state index contributed by atoms with van der Waals surface area (Å²) in [4.78, 5) is 50.6. The van der Waals surface area contributed by atoms with Crippen molar-refractivity contribution in [1.82, 2.24) is 16.0 Å². The average Bonchev–Trinajstić information content (AvgIpc) is 2.88. The lowest BCUT2D eigenvalue weighted by molar-refractivity contribution is -0.142.